The predicted octanol–water partition coefficient (Wildman–Crippen LogP) is 0.583. The second-order valence-corrected chi connectivity index (χ2v) is 4.58. The van der Waals surface area contributed by atoms with Gasteiger partial charge >= 0.3 is 17.8 Å². The van der Waals surface area contributed by atoms with Gasteiger partial charge < -0.3 is 4.74 Å². The molecule has 0 bridgehead atoms. The first-order valence-corrected chi connectivity index (χ1v) is 6.94. The molecule has 0 radical (unpaired) electrons. The Hall–Kier alpha value is -3.16. The van der Waals surface area contributed by atoms with Gasteiger partial charge in [0.25, 0.3) is 5.91 Å². The van der Waals surface area contributed by atoms with Crippen molar-refractivity contribution < 1.29 is 23.7 Å². The zero-order valence-corrected chi connectivity index (χ0v) is 12.8. The molecule has 2 aromatic rings. The Morgan fingerprint density at radius 1 is 1.22 bits per heavy atom. The van der Waals surface area contributed by atoms with Crippen LogP contribution in [-0.4, -0.2) is 29.2 Å². The van der Waals surface area contributed by atoms with Crippen molar-refractivity contribution in [3.05, 3.63) is 54.1 Å². The number of nitrogens with zero attached hydrogens (tertiary/aromatic N) is 2. The number of nitrogens with one attached hydrogen (secondary N) is 2. The minimum atomic E-state index is -0.763. The number of hydrogen-bond donors (Lipinski definition) is 2. The predicted molar refractivity (Wildman–Crippen MR) is 80.2 cm³/mol. The van der Waals surface area contributed by atoms with Crippen LogP contribution in [0.4, 0.5) is 4.79 Å². The van der Waals surface area contributed by atoms with E-state index in [0.29, 0.717) is 5.56 Å². The van der Waals surface area contributed by atoms with Crippen LogP contribution in [0.25, 0.3) is 0 Å². The summed E-state index contributed by atoms with van der Waals surface area (Å²) in [4.78, 5) is 35.7. The number of hydrogen-bond acceptors (Lipinski definition) is 4. The van der Waals surface area contributed by atoms with E-state index in [1.807, 2.05) is 0 Å². The first-order valence-electron chi connectivity index (χ1n) is 6.94. The average molecular weight is 317 g/mol. The molecule has 0 spiro atoms. The SMILES string of the molecule is CCOC(=O)c1n(NC(=O)NC(=O)c2ccccc2)cc[n+]1C. The molecule has 1 aromatic carbocycles. The summed E-state index contributed by atoms with van der Waals surface area (Å²) < 4.78 is 7.60. The fourth-order valence-electron chi connectivity index (χ4n) is 1.91. The summed E-state index contributed by atoms with van der Waals surface area (Å²) in [7, 11) is 1.64. The molecule has 0 saturated heterocycles. The Labute approximate surface area is 132 Å². The number of urea groups is 1. The van der Waals surface area contributed by atoms with Gasteiger partial charge in [0.1, 0.15) is 6.20 Å². The Bertz CT molecular complexity index is 724. The lowest BCUT2D eigenvalue weighted by Gasteiger charge is -2.05. The van der Waals surface area contributed by atoms with Crippen LogP contribution in [0.3, 0.4) is 0 Å². The molecule has 8 heteroatoms. The molecule has 2 rings (SSSR count). The maximum absolute atomic E-state index is 11.9. The van der Waals surface area contributed by atoms with E-state index >= 15 is 0 Å². The molecular weight excluding hydrogens is 300 g/mol. The van der Waals surface area contributed by atoms with Crippen molar-refractivity contribution in [1.82, 2.24) is 9.99 Å². The van der Waals surface area contributed by atoms with Crippen LogP contribution >= 0.6 is 0 Å². The Kier molecular flexibility index (Phi) is 5.08. The van der Waals surface area contributed by atoms with E-state index in [2.05, 4.69) is 10.7 Å². The van der Waals surface area contributed by atoms with Crippen molar-refractivity contribution in [2.24, 2.45) is 7.05 Å². The Morgan fingerprint density at radius 2 is 1.91 bits per heavy atom. The van der Waals surface area contributed by atoms with Crippen molar-refractivity contribution in [3.8, 4) is 0 Å². The molecule has 0 aliphatic carbocycles. The lowest BCUT2D eigenvalue weighted by atomic mass is 10.2. The van der Waals surface area contributed by atoms with Crippen molar-refractivity contribution in [3.63, 3.8) is 0 Å². The van der Waals surface area contributed by atoms with E-state index in [-0.39, 0.29) is 12.4 Å². The number of rotatable bonds is 4. The number of carbonyl (C=O) groups excluding carboxylic acids is 3. The highest BCUT2D eigenvalue weighted by molar-refractivity contribution is 6.06. The maximum atomic E-state index is 11.9. The van der Waals surface area contributed by atoms with Crippen molar-refractivity contribution in [1.29, 1.82) is 0 Å². The number of imide groups is 1. The summed E-state index contributed by atoms with van der Waals surface area (Å²) in [5.74, 6) is -1.01. The number of carbonyl (C=O) groups is 3. The van der Waals surface area contributed by atoms with Gasteiger partial charge in [0.15, 0.2) is 6.20 Å². The van der Waals surface area contributed by atoms with Gasteiger partial charge in [-0.1, -0.05) is 18.2 Å². The number of amides is 3. The van der Waals surface area contributed by atoms with Gasteiger partial charge in [-0.05, 0) is 19.1 Å². The van der Waals surface area contributed by atoms with E-state index in [0.717, 1.165) is 0 Å². The largest absolute Gasteiger partial charge is 0.457 e. The molecule has 3 amide bonds. The highest BCUT2D eigenvalue weighted by atomic mass is 16.5. The number of benzene rings is 1. The first-order chi connectivity index (χ1) is 11.0. The molecule has 8 nitrogen and oxygen atoms in total. The normalized spacial score (nSPS) is 10.0. The van der Waals surface area contributed by atoms with Crippen molar-refractivity contribution in [2.45, 2.75) is 6.92 Å². The third-order valence-electron chi connectivity index (χ3n) is 2.94. The van der Waals surface area contributed by atoms with Crippen LogP contribution in [0.2, 0.25) is 0 Å². The minimum absolute atomic E-state index is 0.120. The summed E-state index contributed by atoms with van der Waals surface area (Å²) in [6.45, 7) is 1.90. The summed E-state index contributed by atoms with van der Waals surface area (Å²) in [5, 5.41) is 2.18. The second-order valence-electron chi connectivity index (χ2n) is 4.58. The summed E-state index contributed by atoms with van der Waals surface area (Å²) >= 11 is 0. The smallest absolute Gasteiger partial charge is 0.424 e. The molecule has 1 aromatic heterocycles. The van der Waals surface area contributed by atoms with E-state index in [9.17, 15) is 14.4 Å². The van der Waals surface area contributed by atoms with Crippen LogP contribution in [0.15, 0.2) is 42.7 Å². The van der Waals surface area contributed by atoms with Gasteiger partial charge in [0.05, 0.1) is 13.7 Å². The molecule has 0 aliphatic rings. The van der Waals surface area contributed by atoms with Gasteiger partial charge in [-0.2, -0.15) is 5.43 Å². The lowest BCUT2D eigenvalue weighted by molar-refractivity contribution is -0.673. The van der Waals surface area contributed by atoms with Gasteiger partial charge in [0, 0.05) is 5.56 Å². The van der Waals surface area contributed by atoms with E-state index in [4.69, 9.17) is 4.74 Å². The Morgan fingerprint density at radius 3 is 2.57 bits per heavy atom. The monoisotopic (exact) mass is 317 g/mol. The molecule has 0 saturated carbocycles. The molecule has 0 atom stereocenters. The third-order valence-corrected chi connectivity index (χ3v) is 2.94. The quantitative estimate of drug-likeness (QED) is 0.637. The molecule has 1 heterocycles. The van der Waals surface area contributed by atoms with Gasteiger partial charge in [0.2, 0.25) is 0 Å². The molecule has 120 valence electrons. The van der Waals surface area contributed by atoms with E-state index in [1.165, 1.54) is 15.4 Å². The average Bonchev–Trinajstić information content (AvgIpc) is 2.88. The second kappa shape index (κ2) is 7.21. The third kappa shape index (κ3) is 3.94. The number of esters is 1. The number of imidazole rings is 1. The molecule has 0 unspecified atom stereocenters. The van der Waals surface area contributed by atoms with Crippen molar-refractivity contribution >= 4 is 17.9 Å². The molecule has 2 N–H and O–H groups in total. The first kappa shape index (κ1) is 16.2. The van der Waals surface area contributed by atoms with Crippen LogP contribution in [0.1, 0.15) is 27.9 Å². The molecule has 0 fully saturated rings. The molecular formula is C15H17N4O4+. The minimum Gasteiger partial charge on any atom is -0.457 e. The molecule has 23 heavy (non-hydrogen) atoms. The van der Waals surface area contributed by atoms with E-state index < -0.39 is 17.9 Å². The maximum Gasteiger partial charge on any atom is 0.424 e. The highest BCUT2D eigenvalue weighted by Crippen LogP contribution is 1.99. The fraction of sp³-hybridized carbons (Fsp3) is 0.200. The highest BCUT2D eigenvalue weighted by Gasteiger charge is 2.26. The van der Waals surface area contributed by atoms with Crippen LogP contribution < -0.4 is 15.3 Å². The van der Waals surface area contributed by atoms with Crippen LogP contribution in [-0.2, 0) is 11.8 Å². The summed E-state index contributed by atoms with van der Waals surface area (Å²) in [6, 6.07) is 7.56. The van der Waals surface area contributed by atoms with Crippen LogP contribution in [0.5, 0.6) is 0 Å². The summed E-state index contributed by atoms with van der Waals surface area (Å²) in [5.41, 5.74) is 2.75. The zero-order chi connectivity index (χ0) is 16.8. The lowest BCUT2D eigenvalue weighted by Crippen LogP contribution is -2.42. The fourth-order valence-corrected chi connectivity index (χ4v) is 1.91. The van der Waals surface area contributed by atoms with Gasteiger partial charge in [-0.15, -0.1) is 4.68 Å². The Balaban J connectivity index is 2.06. The van der Waals surface area contributed by atoms with E-state index in [1.54, 1.807) is 50.5 Å². The van der Waals surface area contributed by atoms with Crippen molar-refractivity contribution in [2.75, 3.05) is 12.0 Å². The topological polar surface area (TPSA) is 93.3 Å². The van der Waals surface area contributed by atoms with Crippen LogP contribution in [0, 0.1) is 0 Å². The summed E-state index contributed by atoms with van der Waals surface area (Å²) in [6.07, 6.45) is 3.05. The molecule has 0 aliphatic heterocycles. The number of ether oxygens (including phenoxy) is 1. The number of aryl methyl sites for hydroxylation is 1. The zero-order valence-electron chi connectivity index (χ0n) is 12.8. The standard InChI is InChI=1S/C15H16N4O4/c1-3-23-14(21)13-18(2)9-10-19(13)17-15(22)16-12(20)11-7-5-4-6-8-11/h4-10H,3H2,1-2H3,(H-,16,17,20,21,22)/p+1. The van der Waals surface area contributed by atoms with Gasteiger partial charge in [-0.25, -0.2) is 14.2 Å². The number of aromatic nitrogens is 2. The van der Waals surface area contributed by atoms with Gasteiger partial charge in [-0.3, -0.25) is 10.1 Å².